The zero-order valence-electron chi connectivity index (χ0n) is 11.1. The van der Waals surface area contributed by atoms with Gasteiger partial charge in [0.15, 0.2) is 0 Å². The van der Waals surface area contributed by atoms with Crippen molar-refractivity contribution in [3.8, 4) is 5.75 Å². The first-order chi connectivity index (χ1) is 10.1. The van der Waals surface area contributed by atoms with E-state index in [4.69, 9.17) is 10.5 Å². The van der Waals surface area contributed by atoms with Crippen molar-refractivity contribution in [3.63, 3.8) is 0 Å². The summed E-state index contributed by atoms with van der Waals surface area (Å²) in [6.45, 7) is 0.869. The number of anilines is 1. The topological polar surface area (TPSA) is 64.3 Å². The van der Waals surface area contributed by atoms with E-state index in [0.717, 1.165) is 0 Å². The average molecular weight is 353 g/mol. The van der Waals surface area contributed by atoms with Crippen LogP contribution in [-0.4, -0.2) is 19.1 Å². The van der Waals surface area contributed by atoms with Crippen molar-refractivity contribution in [1.82, 2.24) is 0 Å². The second kappa shape index (κ2) is 7.19. The highest BCUT2D eigenvalue weighted by atomic mass is 79.9. The van der Waals surface area contributed by atoms with Gasteiger partial charge in [0.25, 0.3) is 5.91 Å². The molecule has 4 nitrogen and oxygen atoms in total. The molecule has 21 heavy (non-hydrogen) atoms. The number of carbonyl (C=O) groups excluding carboxylic acids is 1. The van der Waals surface area contributed by atoms with E-state index >= 15 is 0 Å². The first-order valence-corrected chi connectivity index (χ1v) is 7.09. The maximum atomic E-state index is 13.2. The molecule has 0 aliphatic heterocycles. The number of halogens is 2. The minimum absolute atomic E-state index is 0.235. The van der Waals surface area contributed by atoms with Crippen LogP contribution in [0.3, 0.4) is 0 Å². The van der Waals surface area contributed by atoms with Gasteiger partial charge in [0.2, 0.25) is 0 Å². The summed E-state index contributed by atoms with van der Waals surface area (Å²) in [5.41, 5.74) is 6.17. The maximum absolute atomic E-state index is 13.2. The molecule has 0 saturated carbocycles. The number of amides is 1. The molecule has 6 heteroatoms. The Morgan fingerprint density at radius 2 is 1.95 bits per heavy atom. The highest BCUT2D eigenvalue weighted by Gasteiger charge is 2.11. The molecule has 1 amide bonds. The molecule has 0 radical (unpaired) electrons. The van der Waals surface area contributed by atoms with Gasteiger partial charge in [-0.2, -0.15) is 0 Å². The van der Waals surface area contributed by atoms with Gasteiger partial charge >= 0.3 is 0 Å². The number of ether oxygens (including phenoxy) is 1. The van der Waals surface area contributed by atoms with Crippen LogP contribution in [-0.2, 0) is 0 Å². The van der Waals surface area contributed by atoms with Crippen molar-refractivity contribution in [3.05, 3.63) is 58.3 Å². The van der Waals surface area contributed by atoms with Gasteiger partial charge in [0, 0.05) is 16.7 Å². The van der Waals surface area contributed by atoms with Crippen LogP contribution in [0.2, 0.25) is 0 Å². The van der Waals surface area contributed by atoms with Crippen molar-refractivity contribution in [2.24, 2.45) is 5.73 Å². The Morgan fingerprint density at radius 3 is 2.62 bits per heavy atom. The molecule has 0 aromatic heterocycles. The molecule has 0 spiro atoms. The van der Waals surface area contributed by atoms with E-state index in [1.165, 1.54) is 18.2 Å². The molecular weight excluding hydrogens is 339 g/mol. The molecular formula is C15H14BrFN2O2. The van der Waals surface area contributed by atoms with Crippen molar-refractivity contribution in [1.29, 1.82) is 0 Å². The standard InChI is InChI=1S/C15H14BrFN2O2/c16-14-6-1-10(17)9-13(14)15(20)19-11-2-4-12(5-3-11)21-8-7-18/h1-6,9H,7-8,18H2,(H,19,20). The van der Waals surface area contributed by atoms with E-state index in [1.54, 1.807) is 24.3 Å². The third-order valence-electron chi connectivity index (χ3n) is 2.67. The second-order valence-corrected chi connectivity index (χ2v) is 5.09. The van der Waals surface area contributed by atoms with Crippen LogP contribution in [0.15, 0.2) is 46.9 Å². The third kappa shape index (κ3) is 4.27. The number of carbonyl (C=O) groups is 1. The fourth-order valence-electron chi connectivity index (χ4n) is 1.68. The van der Waals surface area contributed by atoms with Crippen LogP contribution < -0.4 is 15.8 Å². The lowest BCUT2D eigenvalue weighted by atomic mass is 10.2. The lowest BCUT2D eigenvalue weighted by Gasteiger charge is -2.08. The molecule has 0 unspecified atom stereocenters. The van der Waals surface area contributed by atoms with Gasteiger partial charge in [-0.15, -0.1) is 0 Å². The summed E-state index contributed by atoms with van der Waals surface area (Å²) in [4.78, 5) is 12.1. The van der Waals surface area contributed by atoms with Gasteiger partial charge in [-0.1, -0.05) is 0 Å². The monoisotopic (exact) mass is 352 g/mol. The molecule has 0 bridgehead atoms. The molecule has 0 atom stereocenters. The molecule has 0 fully saturated rings. The van der Waals surface area contributed by atoms with Crippen molar-refractivity contribution >= 4 is 27.5 Å². The highest BCUT2D eigenvalue weighted by molar-refractivity contribution is 9.10. The van der Waals surface area contributed by atoms with Crippen LogP contribution in [0, 0.1) is 5.82 Å². The summed E-state index contributed by atoms with van der Waals surface area (Å²) < 4.78 is 19.1. The van der Waals surface area contributed by atoms with E-state index in [-0.39, 0.29) is 5.56 Å². The third-order valence-corrected chi connectivity index (χ3v) is 3.36. The quantitative estimate of drug-likeness (QED) is 0.868. The Hall–Kier alpha value is -1.92. The van der Waals surface area contributed by atoms with E-state index in [0.29, 0.717) is 29.1 Å². The summed E-state index contributed by atoms with van der Waals surface area (Å²) in [6.07, 6.45) is 0. The van der Waals surface area contributed by atoms with Gasteiger partial charge in [0.05, 0.1) is 5.56 Å². The van der Waals surface area contributed by atoms with Crippen molar-refractivity contribution in [2.75, 3.05) is 18.5 Å². The molecule has 2 rings (SSSR count). The molecule has 0 aliphatic carbocycles. The Kier molecular flexibility index (Phi) is 5.30. The number of nitrogens with one attached hydrogen (secondary N) is 1. The van der Waals surface area contributed by atoms with Crippen LogP contribution in [0.25, 0.3) is 0 Å². The first kappa shape index (κ1) is 15.5. The minimum Gasteiger partial charge on any atom is -0.492 e. The smallest absolute Gasteiger partial charge is 0.256 e. The van der Waals surface area contributed by atoms with Crippen LogP contribution in [0.4, 0.5) is 10.1 Å². The summed E-state index contributed by atoms with van der Waals surface area (Å²) in [7, 11) is 0. The average Bonchev–Trinajstić information content (AvgIpc) is 2.49. The number of nitrogens with two attached hydrogens (primary N) is 1. The summed E-state index contributed by atoms with van der Waals surface area (Å²) in [6, 6.07) is 10.8. The maximum Gasteiger partial charge on any atom is 0.256 e. The van der Waals surface area contributed by atoms with Crippen LogP contribution in [0.1, 0.15) is 10.4 Å². The fraction of sp³-hybridized carbons (Fsp3) is 0.133. The number of rotatable bonds is 5. The number of hydrogen-bond acceptors (Lipinski definition) is 3. The van der Waals surface area contributed by atoms with Gasteiger partial charge in [-0.05, 0) is 58.4 Å². The molecule has 0 aliphatic rings. The normalized spacial score (nSPS) is 10.2. The molecule has 3 N–H and O–H groups in total. The second-order valence-electron chi connectivity index (χ2n) is 4.24. The molecule has 110 valence electrons. The fourth-order valence-corrected chi connectivity index (χ4v) is 2.11. The Morgan fingerprint density at radius 1 is 1.24 bits per heavy atom. The van der Waals surface area contributed by atoms with E-state index in [2.05, 4.69) is 21.2 Å². The largest absolute Gasteiger partial charge is 0.492 e. The van der Waals surface area contributed by atoms with Crippen molar-refractivity contribution in [2.45, 2.75) is 0 Å². The first-order valence-electron chi connectivity index (χ1n) is 6.29. The Labute approximate surface area is 130 Å². The zero-order chi connectivity index (χ0) is 15.2. The Balaban J connectivity index is 2.07. The SMILES string of the molecule is NCCOc1ccc(NC(=O)c2cc(F)ccc2Br)cc1. The van der Waals surface area contributed by atoms with Gasteiger partial charge in [0.1, 0.15) is 18.2 Å². The van der Waals surface area contributed by atoms with E-state index in [9.17, 15) is 9.18 Å². The summed E-state index contributed by atoms with van der Waals surface area (Å²) >= 11 is 3.23. The van der Waals surface area contributed by atoms with Gasteiger partial charge < -0.3 is 15.8 Å². The lowest BCUT2D eigenvalue weighted by Crippen LogP contribution is -2.13. The minimum atomic E-state index is -0.464. The number of hydrogen-bond donors (Lipinski definition) is 2. The molecule has 0 heterocycles. The molecule has 0 saturated heterocycles. The number of benzene rings is 2. The molecule has 2 aromatic carbocycles. The predicted octanol–water partition coefficient (Wildman–Crippen LogP) is 3.18. The lowest BCUT2D eigenvalue weighted by molar-refractivity contribution is 0.102. The Bertz CT molecular complexity index is 632. The predicted molar refractivity (Wildman–Crippen MR) is 83.0 cm³/mol. The van der Waals surface area contributed by atoms with Crippen LogP contribution >= 0.6 is 15.9 Å². The highest BCUT2D eigenvalue weighted by Crippen LogP contribution is 2.21. The van der Waals surface area contributed by atoms with Gasteiger partial charge in [-0.25, -0.2) is 4.39 Å². The van der Waals surface area contributed by atoms with Crippen LogP contribution in [0.5, 0.6) is 5.75 Å². The summed E-state index contributed by atoms with van der Waals surface area (Å²) in [5.74, 6) is -0.184. The summed E-state index contributed by atoms with van der Waals surface area (Å²) in [5, 5.41) is 2.69. The zero-order valence-corrected chi connectivity index (χ0v) is 12.7. The van der Waals surface area contributed by atoms with E-state index in [1.807, 2.05) is 0 Å². The van der Waals surface area contributed by atoms with E-state index < -0.39 is 11.7 Å². The van der Waals surface area contributed by atoms with Crippen molar-refractivity contribution < 1.29 is 13.9 Å². The molecule has 2 aromatic rings. The van der Waals surface area contributed by atoms with Gasteiger partial charge in [-0.3, -0.25) is 4.79 Å².